The Labute approximate surface area is 440 Å². The molecule has 4 aliphatic rings. The Morgan fingerprint density at radius 3 is 1.53 bits per heavy atom. The van der Waals surface area contributed by atoms with E-state index in [1.54, 1.807) is 0 Å². The van der Waals surface area contributed by atoms with Crippen molar-refractivity contribution in [1.82, 2.24) is 0 Å². The number of rotatable bonds is 16. The van der Waals surface area contributed by atoms with E-state index in [4.69, 9.17) is 37.3 Å². The van der Waals surface area contributed by atoms with Gasteiger partial charge in [0.25, 0.3) is 16.6 Å². The summed E-state index contributed by atoms with van der Waals surface area (Å²) in [6, 6.07) is 55.7. The quantitative estimate of drug-likeness (QED) is 0.0715. The molecule has 5 aromatic carbocycles. The van der Waals surface area contributed by atoms with Crippen molar-refractivity contribution in [3.63, 3.8) is 0 Å². The first-order chi connectivity index (χ1) is 35.2. The highest BCUT2D eigenvalue weighted by Gasteiger charge is 2.56. The first kappa shape index (κ1) is 53.8. The lowest BCUT2D eigenvalue weighted by Gasteiger charge is -2.50. The van der Waals surface area contributed by atoms with E-state index in [2.05, 4.69) is 212 Å². The molecule has 0 aromatic heterocycles. The highest BCUT2D eigenvalue weighted by atomic mass is 28.4. The minimum atomic E-state index is -3.05. The maximum atomic E-state index is 8.11. The maximum absolute atomic E-state index is 8.11. The van der Waals surface area contributed by atoms with Gasteiger partial charge >= 0.3 is 0 Å². The fourth-order valence-corrected chi connectivity index (χ4v) is 23.6. The lowest BCUT2D eigenvalue weighted by Crippen LogP contribution is -2.70. The molecule has 9 rings (SSSR count). The summed E-state index contributed by atoms with van der Waals surface area (Å²) >= 11 is 0. The Hall–Kier alpha value is -3.99. The third-order valence-corrected chi connectivity index (χ3v) is 29.4. The number of hydrogen-bond acceptors (Lipinski definition) is 8. The average Bonchev–Trinajstić information content (AvgIpc) is 3.69. The van der Waals surface area contributed by atoms with Crippen LogP contribution in [0.1, 0.15) is 86.5 Å². The molecule has 4 saturated heterocycles. The molecule has 0 N–H and O–H groups in total. The van der Waals surface area contributed by atoms with E-state index < -0.39 is 31.0 Å². The molecule has 0 spiro atoms. The molecule has 0 radical (unpaired) electrons. The number of fused-ring (bicyclic) bond motifs is 2. The summed E-state index contributed by atoms with van der Waals surface area (Å²) in [6.45, 7) is 20.5. The van der Waals surface area contributed by atoms with Crippen LogP contribution in [-0.4, -0.2) is 99.7 Å². The van der Waals surface area contributed by atoms with Gasteiger partial charge in [-0.2, -0.15) is 0 Å². The van der Waals surface area contributed by atoms with Crippen LogP contribution in [0.25, 0.3) is 0 Å². The summed E-state index contributed by atoms with van der Waals surface area (Å²) in [5, 5.41) is 5.98. The van der Waals surface area contributed by atoms with Crippen LogP contribution in [0.5, 0.6) is 0 Å². The van der Waals surface area contributed by atoms with Crippen LogP contribution < -0.4 is 25.9 Å². The van der Waals surface area contributed by atoms with Gasteiger partial charge in [-0.25, -0.2) is 0 Å². The number of ether oxygens (including phenoxy) is 6. The van der Waals surface area contributed by atoms with Crippen molar-refractivity contribution in [3.8, 4) is 0 Å². The molecule has 0 aliphatic carbocycles. The molecule has 1 unspecified atom stereocenters. The van der Waals surface area contributed by atoms with Crippen LogP contribution >= 0.6 is 0 Å². The van der Waals surface area contributed by atoms with Crippen molar-refractivity contribution in [2.75, 3.05) is 19.8 Å². The fraction of sp³-hybridized carbons (Fsp3) is 0.484. The molecule has 4 heterocycles. The molecule has 9 atom stereocenters. The lowest BCUT2D eigenvalue weighted by molar-refractivity contribution is -0.209. The van der Waals surface area contributed by atoms with Gasteiger partial charge in [-0.15, -0.1) is 0 Å². The lowest BCUT2D eigenvalue weighted by atomic mass is 9.95. The van der Waals surface area contributed by atoms with Crippen molar-refractivity contribution in [3.05, 3.63) is 164 Å². The van der Waals surface area contributed by atoms with Gasteiger partial charge in [0, 0.05) is 19.4 Å². The average molecular weight is 1040 g/mol. The molecule has 4 fully saturated rings. The zero-order chi connectivity index (χ0) is 51.1. The predicted molar refractivity (Wildman–Crippen MR) is 302 cm³/mol. The molecular formula is C62H82O8Si3. The third kappa shape index (κ3) is 12.0. The van der Waals surface area contributed by atoms with Crippen LogP contribution in [0.3, 0.4) is 0 Å². The molecule has 73 heavy (non-hydrogen) atoms. The third-order valence-electron chi connectivity index (χ3n) is 16.1. The minimum Gasteiger partial charge on any atom is -0.496 e. The number of hydrogen-bond donors (Lipinski definition) is 0. The van der Waals surface area contributed by atoms with Crippen molar-refractivity contribution < 1.29 is 37.3 Å². The highest BCUT2D eigenvalue weighted by Crippen LogP contribution is 2.43. The Bertz CT molecular complexity index is 2400. The summed E-state index contributed by atoms with van der Waals surface area (Å²) in [5.41, 5.74) is 0. The normalized spacial score (nSPS) is 26.5. The van der Waals surface area contributed by atoms with Gasteiger partial charge < -0.3 is 37.3 Å². The second-order valence-corrected chi connectivity index (χ2v) is 36.9. The highest BCUT2D eigenvalue weighted by molar-refractivity contribution is 7.00. The standard InChI is InChI=1S/C62H82O8Si3/c1-61(2,3)72(48-28-16-10-17-29-48,49-30-18-11-19-31-49)66-46-59-58(70-73(62(4,5)6,50-32-20-12-21-33-50)51-34-22-13-23-35-51)44-57-54(68-59)38-37-53-55(67-57)39-42-65-60(69-53)45-56-52(36-24-40-64-56)63-41-25-43-71(7,8)47-26-14-9-15-27-47/h9-23,25-35,41,52-60H,24,36-40,42-46H2,1-8H3/b41-25-/t52-,53+,54-,55-,56+,57+,58-,59+,60?/m0/s1. The Balaban J connectivity index is 0.978. The fourth-order valence-electron chi connectivity index (χ4n) is 12.3. The molecule has 0 bridgehead atoms. The van der Waals surface area contributed by atoms with Crippen molar-refractivity contribution in [2.24, 2.45) is 0 Å². The molecule has 0 amide bonds. The molecule has 8 nitrogen and oxygen atoms in total. The predicted octanol–water partition coefficient (Wildman–Crippen LogP) is 10.4. The second-order valence-electron chi connectivity index (χ2n) is 23.6. The Morgan fingerprint density at radius 2 is 1.00 bits per heavy atom. The van der Waals surface area contributed by atoms with Crippen molar-refractivity contribution in [2.45, 2.75) is 171 Å². The van der Waals surface area contributed by atoms with E-state index in [1.807, 2.05) is 6.26 Å². The summed E-state index contributed by atoms with van der Waals surface area (Å²) in [4.78, 5) is 0. The molecular weight excluding hydrogens is 957 g/mol. The Morgan fingerprint density at radius 1 is 0.507 bits per heavy atom. The SMILES string of the molecule is CC(C)(C)[Si](OC[C@H]1O[C@H]2CC[C@H]3OC(C[C@H]4OCCC[C@@H]4O/C=C\C[Si](C)(C)c4ccccc4)OCC[C@@H]3O[C@@H]2C[C@@H]1O[Si](c1ccccc1)(c1ccccc1)C(C)(C)C)(c1ccccc1)c1ccccc1. The van der Waals surface area contributed by atoms with E-state index in [-0.39, 0.29) is 58.9 Å². The van der Waals surface area contributed by atoms with E-state index >= 15 is 0 Å². The second kappa shape index (κ2) is 23.5. The van der Waals surface area contributed by atoms with Crippen LogP contribution in [0.15, 0.2) is 164 Å². The first-order valence-corrected chi connectivity index (χ1v) is 34.3. The molecule has 390 valence electrons. The molecule has 4 aliphatic heterocycles. The summed E-state index contributed by atoms with van der Waals surface area (Å²) < 4.78 is 57.2. The van der Waals surface area contributed by atoms with Crippen molar-refractivity contribution >= 4 is 50.6 Å². The molecule has 11 heteroatoms. The van der Waals surface area contributed by atoms with Gasteiger partial charge in [0.1, 0.15) is 12.2 Å². The summed E-state index contributed by atoms with van der Waals surface area (Å²) in [6.07, 6.45) is 7.65. The zero-order valence-corrected chi connectivity index (χ0v) is 47.8. The summed E-state index contributed by atoms with van der Waals surface area (Å²) in [7, 11) is -7.62. The smallest absolute Gasteiger partial charge is 0.261 e. The van der Waals surface area contributed by atoms with Crippen molar-refractivity contribution in [1.29, 1.82) is 0 Å². The van der Waals surface area contributed by atoms with E-state index in [1.165, 1.54) is 25.9 Å². The first-order valence-electron chi connectivity index (χ1n) is 27.3. The van der Waals surface area contributed by atoms with E-state index in [9.17, 15) is 0 Å². The Kier molecular flexibility index (Phi) is 17.3. The van der Waals surface area contributed by atoms with Gasteiger partial charge in [0.2, 0.25) is 0 Å². The maximum Gasteiger partial charge on any atom is 0.261 e. The van der Waals surface area contributed by atoms with Crippen LogP contribution in [0.2, 0.25) is 29.2 Å². The summed E-state index contributed by atoms with van der Waals surface area (Å²) in [5.74, 6) is 0. The number of allylic oxidation sites excluding steroid dienone is 1. The molecule has 0 saturated carbocycles. The van der Waals surface area contributed by atoms with Gasteiger partial charge in [-0.1, -0.05) is 218 Å². The van der Waals surface area contributed by atoms with Gasteiger partial charge in [-0.3, -0.25) is 0 Å². The topological polar surface area (TPSA) is 73.8 Å². The van der Waals surface area contributed by atoms with Gasteiger partial charge in [0.05, 0.1) is 64.2 Å². The monoisotopic (exact) mass is 1040 g/mol. The van der Waals surface area contributed by atoms with Gasteiger partial charge in [0.15, 0.2) is 6.29 Å². The van der Waals surface area contributed by atoms with Crippen LogP contribution in [-0.2, 0) is 37.3 Å². The number of benzene rings is 5. The molecule has 5 aromatic rings. The largest absolute Gasteiger partial charge is 0.496 e. The zero-order valence-electron chi connectivity index (χ0n) is 44.8. The van der Waals surface area contributed by atoms with Gasteiger partial charge in [-0.05, 0) is 69.0 Å². The van der Waals surface area contributed by atoms with Crippen LogP contribution in [0, 0.1) is 0 Å². The minimum absolute atomic E-state index is 0.0603. The van der Waals surface area contributed by atoms with E-state index in [0.29, 0.717) is 32.7 Å². The van der Waals surface area contributed by atoms with Crippen LogP contribution in [0.4, 0.5) is 0 Å². The van der Waals surface area contributed by atoms with E-state index in [0.717, 1.165) is 38.1 Å².